The van der Waals surface area contributed by atoms with Gasteiger partial charge in [0.1, 0.15) is 31.0 Å². The van der Waals surface area contributed by atoms with Crippen LogP contribution in [0.5, 0.6) is 0 Å². The van der Waals surface area contributed by atoms with E-state index in [2.05, 4.69) is 13.8 Å². The van der Waals surface area contributed by atoms with E-state index in [1.165, 1.54) is 154 Å². The van der Waals surface area contributed by atoms with Crippen LogP contribution in [0.4, 0.5) is 0 Å². The minimum Gasteiger partial charge on any atom is -0.462 e. The third-order valence-corrected chi connectivity index (χ3v) is 11.2. The summed E-state index contributed by atoms with van der Waals surface area (Å²) in [6.07, 6.45) is 31.2. The summed E-state index contributed by atoms with van der Waals surface area (Å²) in [4.78, 5) is 25.3. The highest BCUT2D eigenvalue weighted by Crippen LogP contribution is 2.23. The van der Waals surface area contributed by atoms with Crippen molar-refractivity contribution in [1.82, 2.24) is 0 Å². The Labute approximate surface area is 342 Å². The van der Waals surface area contributed by atoms with Gasteiger partial charge in [0.2, 0.25) is 0 Å². The highest BCUT2D eigenvalue weighted by molar-refractivity contribution is 5.70. The second-order valence-corrected chi connectivity index (χ2v) is 16.6. The van der Waals surface area contributed by atoms with Crippen LogP contribution in [0, 0.1) is 0 Å². The number of esters is 2. The number of aliphatic hydroxyl groups excluding tert-OH is 4. The van der Waals surface area contributed by atoms with Crippen LogP contribution in [0.15, 0.2) is 0 Å². The Morgan fingerprint density at radius 3 is 1.21 bits per heavy atom. The zero-order chi connectivity index (χ0) is 40.9. The quantitative estimate of drug-likeness (QED) is 0.0348. The van der Waals surface area contributed by atoms with Crippen molar-refractivity contribution in [3.8, 4) is 0 Å². The van der Waals surface area contributed by atoms with E-state index in [9.17, 15) is 30.0 Å². The first kappa shape index (κ1) is 52.7. The molecule has 0 bridgehead atoms. The van der Waals surface area contributed by atoms with Crippen LogP contribution in [0.25, 0.3) is 0 Å². The Hall–Kier alpha value is -1.30. The molecule has 2 unspecified atom stereocenters. The van der Waals surface area contributed by atoms with Crippen molar-refractivity contribution >= 4 is 11.9 Å². The highest BCUT2D eigenvalue weighted by Gasteiger charge is 2.44. The minimum absolute atomic E-state index is 0.209. The van der Waals surface area contributed by atoms with Crippen LogP contribution < -0.4 is 0 Å². The molecule has 0 aliphatic carbocycles. The lowest BCUT2D eigenvalue weighted by atomic mass is 9.99. The first-order chi connectivity index (χ1) is 27.3. The topological polar surface area (TPSA) is 152 Å². The van der Waals surface area contributed by atoms with Gasteiger partial charge in [-0.05, 0) is 12.8 Å². The summed E-state index contributed by atoms with van der Waals surface area (Å²) >= 11 is 0. The van der Waals surface area contributed by atoms with Crippen molar-refractivity contribution < 1.29 is 49.0 Å². The molecule has 1 heterocycles. The SMILES string of the molecule is CCCCCCCCCCCCCCCCCCCCCCCC(=O)O[C@H](COC(=O)CCCCCCCCCCCC)CO[C@@H]1O[C@H](CO)[C@H](O)C(O)C1O. The van der Waals surface area contributed by atoms with Gasteiger partial charge in [-0.1, -0.05) is 200 Å². The number of rotatable bonds is 40. The Bertz CT molecular complexity index is 886. The summed E-state index contributed by atoms with van der Waals surface area (Å²) in [6.45, 7) is 3.44. The van der Waals surface area contributed by atoms with Gasteiger partial charge in [0.05, 0.1) is 13.2 Å². The first-order valence-electron chi connectivity index (χ1n) is 23.6. The molecule has 0 spiro atoms. The maximum atomic E-state index is 12.8. The van der Waals surface area contributed by atoms with Gasteiger partial charge in [-0.3, -0.25) is 9.59 Å². The fourth-order valence-electron chi connectivity index (χ4n) is 7.48. The van der Waals surface area contributed by atoms with Gasteiger partial charge in [0.15, 0.2) is 12.4 Å². The number of hydrogen-bond donors (Lipinski definition) is 4. The van der Waals surface area contributed by atoms with Crippen LogP contribution in [0.2, 0.25) is 0 Å². The Morgan fingerprint density at radius 1 is 0.482 bits per heavy atom. The molecule has 6 atom stereocenters. The number of ether oxygens (including phenoxy) is 4. The Morgan fingerprint density at radius 2 is 0.839 bits per heavy atom. The van der Waals surface area contributed by atoms with Crippen LogP contribution in [0.3, 0.4) is 0 Å². The molecule has 10 nitrogen and oxygen atoms in total. The lowest BCUT2D eigenvalue weighted by molar-refractivity contribution is -0.305. The molecular weight excluding hydrogens is 712 g/mol. The number of carbonyl (C=O) groups excluding carboxylic acids is 2. The second-order valence-electron chi connectivity index (χ2n) is 16.6. The van der Waals surface area contributed by atoms with Crippen molar-refractivity contribution in [2.24, 2.45) is 0 Å². The molecule has 332 valence electrons. The van der Waals surface area contributed by atoms with Gasteiger partial charge >= 0.3 is 11.9 Å². The Kier molecular flexibility index (Phi) is 35.7. The molecule has 0 saturated carbocycles. The molecule has 10 heteroatoms. The molecule has 0 aromatic carbocycles. The molecule has 1 aliphatic rings. The number of aliphatic hydroxyl groups is 4. The van der Waals surface area contributed by atoms with E-state index < -0.39 is 49.4 Å². The van der Waals surface area contributed by atoms with Gasteiger partial charge in [-0.15, -0.1) is 0 Å². The molecular formula is C46H88O10. The van der Waals surface area contributed by atoms with E-state index in [1.54, 1.807) is 0 Å². The summed E-state index contributed by atoms with van der Waals surface area (Å²) < 4.78 is 22.2. The number of unbranched alkanes of at least 4 members (excludes halogenated alkanes) is 29. The third-order valence-electron chi connectivity index (χ3n) is 11.2. The highest BCUT2D eigenvalue weighted by atomic mass is 16.7. The van der Waals surface area contributed by atoms with Gasteiger partial charge in [0, 0.05) is 12.8 Å². The monoisotopic (exact) mass is 801 g/mol. The van der Waals surface area contributed by atoms with E-state index in [0.29, 0.717) is 6.42 Å². The molecule has 0 aromatic heterocycles. The van der Waals surface area contributed by atoms with Crippen LogP contribution >= 0.6 is 0 Å². The fourth-order valence-corrected chi connectivity index (χ4v) is 7.48. The van der Waals surface area contributed by atoms with Gasteiger partial charge in [0.25, 0.3) is 0 Å². The molecule has 4 N–H and O–H groups in total. The summed E-state index contributed by atoms with van der Waals surface area (Å²) in [6, 6.07) is 0. The van der Waals surface area contributed by atoms with E-state index in [0.717, 1.165) is 38.5 Å². The van der Waals surface area contributed by atoms with Crippen molar-refractivity contribution in [2.45, 2.75) is 263 Å². The third kappa shape index (κ3) is 29.0. The summed E-state index contributed by atoms with van der Waals surface area (Å²) in [5.41, 5.74) is 0. The van der Waals surface area contributed by atoms with E-state index in [-0.39, 0.29) is 32.0 Å². The smallest absolute Gasteiger partial charge is 0.306 e. The molecule has 0 amide bonds. The van der Waals surface area contributed by atoms with E-state index >= 15 is 0 Å². The standard InChI is InChI=1S/C46H88O10/c1-3-5-7-9-11-13-15-16-17-18-19-20-21-22-23-24-25-27-29-31-33-35-42(49)55-39(38-54-46-45(52)44(51)43(50)40(36-47)56-46)37-53-41(48)34-32-30-28-26-14-12-10-8-6-4-2/h39-40,43-47,50-52H,3-38H2,1-2H3/t39-,40-,43+,44?,45?,46-/m1/s1. The summed E-state index contributed by atoms with van der Waals surface area (Å²) in [5.74, 6) is -0.793. The maximum Gasteiger partial charge on any atom is 0.306 e. The molecule has 1 fully saturated rings. The molecule has 0 radical (unpaired) electrons. The normalized spacial score (nSPS) is 20.3. The average Bonchev–Trinajstić information content (AvgIpc) is 3.19. The van der Waals surface area contributed by atoms with Crippen molar-refractivity contribution in [3.05, 3.63) is 0 Å². The minimum atomic E-state index is -1.59. The summed E-state index contributed by atoms with van der Waals surface area (Å²) in [5, 5.41) is 40.0. The van der Waals surface area contributed by atoms with Gasteiger partial charge < -0.3 is 39.4 Å². The largest absolute Gasteiger partial charge is 0.462 e. The predicted octanol–water partition coefficient (Wildman–Crippen LogP) is 10.2. The number of hydrogen-bond acceptors (Lipinski definition) is 10. The van der Waals surface area contributed by atoms with Crippen molar-refractivity contribution in [3.63, 3.8) is 0 Å². The van der Waals surface area contributed by atoms with E-state index in [4.69, 9.17) is 18.9 Å². The molecule has 56 heavy (non-hydrogen) atoms. The molecule has 1 saturated heterocycles. The fraction of sp³-hybridized carbons (Fsp3) is 0.957. The first-order valence-corrected chi connectivity index (χ1v) is 23.6. The average molecular weight is 801 g/mol. The van der Waals surface area contributed by atoms with Gasteiger partial charge in [-0.2, -0.15) is 0 Å². The second kappa shape index (κ2) is 37.9. The van der Waals surface area contributed by atoms with Gasteiger partial charge in [-0.25, -0.2) is 0 Å². The van der Waals surface area contributed by atoms with Crippen LogP contribution in [0.1, 0.15) is 226 Å². The maximum absolute atomic E-state index is 12.8. The summed E-state index contributed by atoms with van der Waals surface area (Å²) in [7, 11) is 0. The van der Waals surface area contributed by atoms with E-state index in [1.807, 2.05) is 0 Å². The van der Waals surface area contributed by atoms with Crippen molar-refractivity contribution in [2.75, 3.05) is 19.8 Å². The lowest BCUT2D eigenvalue weighted by Gasteiger charge is -2.39. The molecule has 0 aromatic rings. The van der Waals surface area contributed by atoms with Crippen molar-refractivity contribution in [1.29, 1.82) is 0 Å². The molecule has 1 rings (SSSR count). The lowest BCUT2D eigenvalue weighted by Crippen LogP contribution is -2.59. The number of carbonyl (C=O) groups is 2. The molecule has 1 aliphatic heterocycles. The van der Waals surface area contributed by atoms with Crippen LogP contribution in [-0.2, 0) is 28.5 Å². The zero-order valence-corrected chi connectivity index (χ0v) is 36.2. The predicted molar refractivity (Wildman–Crippen MR) is 224 cm³/mol. The Balaban J connectivity index is 2.24. The zero-order valence-electron chi connectivity index (χ0n) is 36.2. The van der Waals surface area contributed by atoms with Crippen LogP contribution in [-0.4, -0.2) is 89.0 Å².